The van der Waals surface area contributed by atoms with E-state index in [1.54, 1.807) is 4.90 Å². The first-order chi connectivity index (χ1) is 15.2. The second-order valence-electron chi connectivity index (χ2n) is 7.55. The van der Waals surface area contributed by atoms with Crippen molar-refractivity contribution in [1.82, 2.24) is 14.9 Å². The normalized spacial score (nSPS) is 16.4. The van der Waals surface area contributed by atoms with Crippen molar-refractivity contribution < 1.29 is 19.4 Å². The van der Waals surface area contributed by atoms with Gasteiger partial charge in [0, 0.05) is 36.6 Å². The number of nitrogens with zero attached hydrogens (tertiary/aromatic N) is 4. The molecule has 0 aliphatic carbocycles. The number of phenolic OH excluding ortho intramolecular Hbond substituents is 2. The number of fused-ring (bicyclic) bond motifs is 1. The van der Waals surface area contributed by atoms with Crippen LogP contribution in [0.5, 0.6) is 11.5 Å². The minimum absolute atomic E-state index is 0.0328. The number of carbonyl (C=O) groups is 1. The molecular weight excluding hydrogens is 437 g/mol. The first-order valence-electron chi connectivity index (χ1n) is 9.87. The number of nitrogens with two attached hydrogens (primary N) is 1. The summed E-state index contributed by atoms with van der Waals surface area (Å²) < 4.78 is 15.7. The van der Waals surface area contributed by atoms with Crippen molar-refractivity contribution in [2.45, 2.75) is 13.0 Å². The second-order valence-corrected chi connectivity index (χ2v) is 7.96. The molecule has 0 bridgehead atoms. The monoisotopic (exact) mass is 457 g/mol. The zero-order chi connectivity index (χ0) is 23.2. The van der Waals surface area contributed by atoms with Gasteiger partial charge in [-0.15, -0.1) is 0 Å². The summed E-state index contributed by atoms with van der Waals surface area (Å²) in [7, 11) is 0. The summed E-state index contributed by atoms with van der Waals surface area (Å²) in [4.78, 5) is 24.0. The Hall–Kier alpha value is -3.59. The Balaban J connectivity index is 1.87. The maximum Gasteiger partial charge on any atom is 0.246 e. The number of halogens is 2. The summed E-state index contributed by atoms with van der Waals surface area (Å²) in [5.41, 5.74) is 5.49. The fourth-order valence-electron chi connectivity index (χ4n) is 4.03. The smallest absolute Gasteiger partial charge is 0.246 e. The highest BCUT2D eigenvalue weighted by Gasteiger charge is 2.30. The summed E-state index contributed by atoms with van der Waals surface area (Å²) in [5.74, 6) is -1.41. The molecule has 0 saturated carbocycles. The van der Waals surface area contributed by atoms with E-state index in [1.165, 1.54) is 30.3 Å². The van der Waals surface area contributed by atoms with Crippen LogP contribution >= 0.6 is 11.6 Å². The molecule has 8 nitrogen and oxygen atoms in total. The van der Waals surface area contributed by atoms with E-state index in [1.807, 2.05) is 11.8 Å². The van der Waals surface area contributed by atoms with Gasteiger partial charge in [0.05, 0.1) is 10.6 Å². The van der Waals surface area contributed by atoms with Crippen LogP contribution in [0.3, 0.4) is 0 Å². The molecule has 166 valence electrons. The van der Waals surface area contributed by atoms with Crippen LogP contribution in [0.15, 0.2) is 36.9 Å². The number of rotatable bonds is 3. The molecule has 0 spiro atoms. The molecule has 32 heavy (non-hydrogen) atoms. The number of hydrogen-bond acceptors (Lipinski definition) is 7. The Morgan fingerprint density at radius 2 is 1.97 bits per heavy atom. The quantitative estimate of drug-likeness (QED) is 0.517. The van der Waals surface area contributed by atoms with E-state index < -0.39 is 5.82 Å². The Bertz CT molecular complexity index is 1230. The molecule has 0 radical (unpaired) electrons. The highest BCUT2D eigenvalue weighted by molar-refractivity contribution is 6.34. The number of aromatic hydroxyl groups is 2. The predicted octanol–water partition coefficient (Wildman–Crippen LogP) is 3.31. The maximum absolute atomic E-state index is 15.7. The first-order valence-corrected chi connectivity index (χ1v) is 10.2. The molecule has 3 aromatic rings. The zero-order valence-electron chi connectivity index (χ0n) is 17.2. The van der Waals surface area contributed by atoms with Crippen LogP contribution in [0, 0.1) is 5.82 Å². The molecule has 1 atom stereocenters. The van der Waals surface area contributed by atoms with Crippen LogP contribution in [-0.4, -0.2) is 56.7 Å². The van der Waals surface area contributed by atoms with Gasteiger partial charge in [-0.05, 0) is 31.2 Å². The van der Waals surface area contributed by atoms with Crippen molar-refractivity contribution in [2.75, 3.05) is 30.3 Å². The molecule has 1 aromatic heterocycles. The van der Waals surface area contributed by atoms with Crippen molar-refractivity contribution >= 4 is 40.2 Å². The predicted molar refractivity (Wildman–Crippen MR) is 121 cm³/mol. The van der Waals surface area contributed by atoms with E-state index in [-0.39, 0.29) is 51.1 Å². The van der Waals surface area contributed by atoms with Crippen LogP contribution in [-0.2, 0) is 4.79 Å². The molecule has 1 fully saturated rings. The summed E-state index contributed by atoms with van der Waals surface area (Å²) in [6.45, 7) is 6.73. The average molecular weight is 458 g/mol. The molecule has 10 heteroatoms. The molecule has 4 N–H and O–H groups in total. The molecule has 1 amide bonds. The van der Waals surface area contributed by atoms with Gasteiger partial charge >= 0.3 is 0 Å². The molecule has 1 saturated heterocycles. The Kier molecular flexibility index (Phi) is 5.52. The molecule has 1 aliphatic rings. The van der Waals surface area contributed by atoms with Crippen molar-refractivity contribution in [2.24, 2.45) is 0 Å². The SMILES string of the molecule is C=CC(=O)N1CCN(c2nc(N)nc3c(F)c(-c4c(O)cccc4O)c(Cl)cc23)[C@@H](C)C1. The molecular formula is C22H21ClFN5O3. The number of carbonyl (C=O) groups excluding carboxylic acids is 1. The number of amides is 1. The number of aromatic nitrogens is 2. The minimum Gasteiger partial charge on any atom is -0.507 e. The van der Waals surface area contributed by atoms with E-state index in [4.69, 9.17) is 17.3 Å². The van der Waals surface area contributed by atoms with Crippen LogP contribution in [0.4, 0.5) is 16.2 Å². The molecule has 0 unspecified atom stereocenters. The van der Waals surface area contributed by atoms with Gasteiger partial charge in [-0.3, -0.25) is 4.79 Å². The third-order valence-corrected chi connectivity index (χ3v) is 5.83. The lowest BCUT2D eigenvalue weighted by Gasteiger charge is -2.40. The van der Waals surface area contributed by atoms with Gasteiger partial charge < -0.3 is 25.7 Å². The fourth-order valence-corrected chi connectivity index (χ4v) is 4.32. The van der Waals surface area contributed by atoms with Crippen molar-refractivity contribution in [3.8, 4) is 22.6 Å². The Morgan fingerprint density at radius 1 is 1.28 bits per heavy atom. The van der Waals surface area contributed by atoms with Crippen LogP contribution in [0.1, 0.15) is 6.92 Å². The van der Waals surface area contributed by atoms with Crippen molar-refractivity contribution in [3.63, 3.8) is 0 Å². The van der Waals surface area contributed by atoms with Gasteiger partial charge in [-0.2, -0.15) is 4.98 Å². The van der Waals surface area contributed by atoms with E-state index in [2.05, 4.69) is 16.5 Å². The highest BCUT2D eigenvalue weighted by Crippen LogP contribution is 2.45. The number of nitrogen functional groups attached to an aromatic ring is 1. The molecule has 2 aromatic carbocycles. The summed E-state index contributed by atoms with van der Waals surface area (Å²) >= 11 is 6.43. The molecule has 2 heterocycles. The number of piperazine rings is 1. The number of benzene rings is 2. The van der Waals surface area contributed by atoms with Crippen molar-refractivity contribution in [3.05, 3.63) is 47.8 Å². The average Bonchev–Trinajstić information content (AvgIpc) is 2.75. The van der Waals surface area contributed by atoms with Gasteiger partial charge in [0.2, 0.25) is 11.9 Å². The standard InChI is InChI=1S/C22H21ClFN5O3/c1-3-16(32)28-7-8-29(11(2)10-28)21-12-9-13(23)17(18-14(30)5-4-6-15(18)31)19(24)20(12)26-22(25)27-21/h3-6,9,11,30-31H,1,7-8,10H2,2H3,(H2,25,26,27)/t11-/m0/s1. The summed E-state index contributed by atoms with van der Waals surface area (Å²) in [5, 5.41) is 20.7. The molecule has 4 rings (SSSR count). The lowest BCUT2D eigenvalue weighted by atomic mass is 10.00. The largest absolute Gasteiger partial charge is 0.507 e. The lowest BCUT2D eigenvalue weighted by molar-refractivity contribution is -0.126. The maximum atomic E-state index is 15.7. The van der Waals surface area contributed by atoms with Gasteiger partial charge in [-0.25, -0.2) is 9.37 Å². The Morgan fingerprint density at radius 3 is 2.59 bits per heavy atom. The van der Waals surface area contributed by atoms with Gasteiger partial charge in [0.1, 0.15) is 22.8 Å². The van der Waals surface area contributed by atoms with Gasteiger partial charge in [0.15, 0.2) is 5.82 Å². The van der Waals surface area contributed by atoms with E-state index in [9.17, 15) is 15.0 Å². The summed E-state index contributed by atoms with van der Waals surface area (Å²) in [6.07, 6.45) is 1.27. The first kappa shape index (κ1) is 21.6. The topological polar surface area (TPSA) is 116 Å². The van der Waals surface area contributed by atoms with E-state index >= 15 is 4.39 Å². The van der Waals surface area contributed by atoms with E-state index in [0.717, 1.165) is 0 Å². The lowest BCUT2D eigenvalue weighted by Crippen LogP contribution is -2.53. The number of phenols is 2. The number of anilines is 2. The van der Waals surface area contributed by atoms with Crippen LogP contribution in [0.2, 0.25) is 5.02 Å². The van der Waals surface area contributed by atoms with Gasteiger partial charge in [0.25, 0.3) is 0 Å². The number of hydrogen-bond donors (Lipinski definition) is 3. The Labute approximate surface area is 188 Å². The van der Waals surface area contributed by atoms with Crippen LogP contribution < -0.4 is 10.6 Å². The van der Waals surface area contributed by atoms with Gasteiger partial charge in [-0.1, -0.05) is 24.2 Å². The zero-order valence-corrected chi connectivity index (χ0v) is 18.0. The van der Waals surface area contributed by atoms with E-state index in [0.29, 0.717) is 30.8 Å². The third-order valence-electron chi connectivity index (χ3n) is 5.54. The summed E-state index contributed by atoms with van der Waals surface area (Å²) in [6, 6.07) is 5.41. The molecule has 1 aliphatic heterocycles. The highest BCUT2D eigenvalue weighted by atomic mass is 35.5. The second kappa shape index (κ2) is 8.16. The van der Waals surface area contributed by atoms with Crippen molar-refractivity contribution in [1.29, 1.82) is 0 Å². The third kappa shape index (κ3) is 3.54. The van der Waals surface area contributed by atoms with Crippen LogP contribution in [0.25, 0.3) is 22.0 Å². The minimum atomic E-state index is -0.840. The fraction of sp³-hybridized carbons (Fsp3) is 0.227.